The number of halogens is 1. The highest BCUT2D eigenvalue weighted by Gasteiger charge is 2.19. The third kappa shape index (κ3) is 6.02. The molecule has 3 rings (SSSR count). The van der Waals surface area contributed by atoms with Crippen LogP contribution < -0.4 is 15.0 Å². The van der Waals surface area contributed by atoms with Crippen molar-refractivity contribution in [1.82, 2.24) is 10.2 Å². The van der Waals surface area contributed by atoms with Crippen molar-refractivity contribution in [2.24, 2.45) is 4.99 Å². The maximum atomic E-state index is 5.24. The Kier molecular flexibility index (Phi) is 8.71. The zero-order chi connectivity index (χ0) is 18.2. The van der Waals surface area contributed by atoms with Crippen LogP contribution in [0.3, 0.4) is 0 Å². The van der Waals surface area contributed by atoms with Crippen molar-refractivity contribution in [2.75, 3.05) is 51.8 Å². The van der Waals surface area contributed by atoms with Crippen molar-refractivity contribution in [3.8, 4) is 5.75 Å². The van der Waals surface area contributed by atoms with Crippen LogP contribution in [-0.4, -0.2) is 57.7 Å². The fourth-order valence-corrected chi connectivity index (χ4v) is 3.27. The summed E-state index contributed by atoms with van der Waals surface area (Å²) in [5.74, 6) is 1.89. The number of nitrogens with zero attached hydrogens (tertiary/aromatic N) is 3. The van der Waals surface area contributed by atoms with Crippen LogP contribution in [0.2, 0.25) is 0 Å². The summed E-state index contributed by atoms with van der Waals surface area (Å²) in [6, 6.07) is 18.8. The molecule has 2 aromatic carbocycles. The van der Waals surface area contributed by atoms with Crippen LogP contribution >= 0.6 is 24.0 Å². The van der Waals surface area contributed by atoms with Crippen LogP contribution in [0.15, 0.2) is 59.6 Å². The zero-order valence-corrected chi connectivity index (χ0v) is 18.4. The second-order valence-electron chi connectivity index (χ2n) is 6.38. The molecule has 0 unspecified atom stereocenters. The lowest BCUT2D eigenvalue weighted by molar-refractivity contribution is 0.373. The topological polar surface area (TPSA) is 40.1 Å². The number of methoxy groups -OCH3 is 1. The highest BCUT2D eigenvalue weighted by molar-refractivity contribution is 14.0. The minimum absolute atomic E-state index is 0. The van der Waals surface area contributed by atoms with Crippen molar-refractivity contribution >= 4 is 35.6 Å². The number of nitrogens with one attached hydrogen (secondary N) is 1. The smallest absolute Gasteiger partial charge is 0.193 e. The zero-order valence-electron chi connectivity index (χ0n) is 16.1. The van der Waals surface area contributed by atoms with Gasteiger partial charge in [-0.1, -0.05) is 30.3 Å². The molecule has 27 heavy (non-hydrogen) atoms. The Labute approximate surface area is 179 Å². The van der Waals surface area contributed by atoms with Gasteiger partial charge < -0.3 is 19.9 Å². The first-order chi connectivity index (χ1) is 12.8. The molecule has 1 saturated heterocycles. The molecule has 0 aliphatic carbocycles. The summed E-state index contributed by atoms with van der Waals surface area (Å²) in [5.41, 5.74) is 2.59. The SMILES string of the molecule is CN=C(NCCc1ccccc1)N1CCN(c2ccc(OC)cc2)CC1.I. The number of hydrogen-bond donors (Lipinski definition) is 1. The van der Waals surface area contributed by atoms with E-state index in [1.54, 1.807) is 7.11 Å². The molecule has 1 fully saturated rings. The molecule has 1 aliphatic rings. The Balaban J connectivity index is 0.00000261. The lowest BCUT2D eigenvalue weighted by atomic mass is 10.1. The monoisotopic (exact) mass is 480 g/mol. The molecule has 0 bridgehead atoms. The van der Waals surface area contributed by atoms with Crippen molar-refractivity contribution in [2.45, 2.75) is 6.42 Å². The summed E-state index contributed by atoms with van der Waals surface area (Å²) in [7, 11) is 3.56. The van der Waals surface area contributed by atoms with E-state index >= 15 is 0 Å². The number of rotatable bonds is 5. The molecule has 1 aliphatic heterocycles. The number of ether oxygens (including phenoxy) is 1. The van der Waals surface area contributed by atoms with E-state index in [2.05, 4.69) is 62.6 Å². The third-order valence-electron chi connectivity index (χ3n) is 4.77. The van der Waals surface area contributed by atoms with E-state index in [0.29, 0.717) is 0 Å². The Morgan fingerprint density at radius 3 is 2.26 bits per heavy atom. The number of aliphatic imine (C=N–C) groups is 1. The largest absolute Gasteiger partial charge is 0.497 e. The first-order valence-electron chi connectivity index (χ1n) is 9.18. The predicted octanol–water partition coefficient (Wildman–Crippen LogP) is 3.25. The molecule has 1 N–H and O–H groups in total. The van der Waals surface area contributed by atoms with Crippen molar-refractivity contribution in [1.29, 1.82) is 0 Å². The summed E-state index contributed by atoms with van der Waals surface area (Å²) < 4.78 is 5.24. The van der Waals surface area contributed by atoms with Crippen LogP contribution in [0.4, 0.5) is 5.69 Å². The average Bonchev–Trinajstić information content (AvgIpc) is 2.72. The lowest BCUT2D eigenvalue weighted by Gasteiger charge is -2.37. The summed E-state index contributed by atoms with van der Waals surface area (Å²) in [4.78, 5) is 9.21. The van der Waals surface area contributed by atoms with Crippen LogP contribution in [0, 0.1) is 0 Å². The van der Waals surface area contributed by atoms with Crippen LogP contribution in [-0.2, 0) is 6.42 Å². The number of guanidine groups is 1. The molecule has 0 amide bonds. The minimum atomic E-state index is 0. The Morgan fingerprint density at radius 1 is 1.00 bits per heavy atom. The number of benzene rings is 2. The molecule has 0 aromatic heterocycles. The quantitative estimate of drug-likeness (QED) is 0.405. The maximum absolute atomic E-state index is 5.24. The van der Waals surface area contributed by atoms with Gasteiger partial charge in [0.25, 0.3) is 0 Å². The second kappa shape index (κ2) is 11.0. The van der Waals surface area contributed by atoms with Gasteiger partial charge in [-0.15, -0.1) is 24.0 Å². The second-order valence-corrected chi connectivity index (χ2v) is 6.38. The van der Waals surface area contributed by atoms with E-state index in [0.717, 1.165) is 50.9 Å². The van der Waals surface area contributed by atoms with Crippen molar-refractivity contribution in [3.05, 3.63) is 60.2 Å². The molecule has 0 spiro atoms. The summed E-state index contributed by atoms with van der Waals surface area (Å²) in [6.07, 6.45) is 1.01. The normalized spacial score (nSPS) is 14.5. The molecule has 0 atom stereocenters. The average molecular weight is 480 g/mol. The Hall–Kier alpha value is -1.96. The van der Waals surface area contributed by atoms with Gasteiger partial charge in [-0.05, 0) is 36.2 Å². The van der Waals surface area contributed by atoms with E-state index in [-0.39, 0.29) is 24.0 Å². The van der Waals surface area contributed by atoms with Gasteiger partial charge in [0.15, 0.2) is 5.96 Å². The molecule has 0 saturated carbocycles. The Bertz CT molecular complexity index is 698. The van der Waals surface area contributed by atoms with Gasteiger partial charge in [0.2, 0.25) is 0 Å². The number of hydrogen-bond acceptors (Lipinski definition) is 3. The van der Waals surface area contributed by atoms with Crippen molar-refractivity contribution < 1.29 is 4.74 Å². The van der Waals surface area contributed by atoms with Crippen LogP contribution in [0.1, 0.15) is 5.56 Å². The molecular formula is C21H29IN4O. The molecule has 0 radical (unpaired) electrons. The van der Waals surface area contributed by atoms with Gasteiger partial charge >= 0.3 is 0 Å². The maximum Gasteiger partial charge on any atom is 0.193 e. The van der Waals surface area contributed by atoms with Gasteiger partial charge in [-0.25, -0.2) is 0 Å². The number of anilines is 1. The molecular weight excluding hydrogens is 451 g/mol. The summed E-state index contributed by atoms with van der Waals surface area (Å²) in [5, 5.41) is 3.50. The molecule has 146 valence electrons. The van der Waals surface area contributed by atoms with Gasteiger partial charge in [0.05, 0.1) is 7.11 Å². The van der Waals surface area contributed by atoms with Gasteiger partial charge in [0.1, 0.15) is 5.75 Å². The van der Waals surface area contributed by atoms with Gasteiger partial charge in [-0.3, -0.25) is 4.99 Å². The van der Waals surface area contributed by atoms with E-state index in [4.69, 9.17) is 4.74 Å². The highest BCUT2D eigenvalue weighted by atomic mass is 127. The van der Waals surface area contributed by atoms with Crippen LogP contribution in [0.25, 0.3) is 0 Å². The van der Waals surface area contributed by atoms with Gasteiger partial charge in [-0.2, -0.15) is 0 Å². The van der Waals surface area contributed by atoms with E-state index in [9.17, 15) is 0 Å². The highest BCUT2D eigenvalue weighted by Crippen LogP contribution is 2.20. The predicted molar refractivity (Wildman–Crippen MR) is 124 cm³/mol. The first kappa shape index (κ1) is 21.3. The minimum Gasteiger partial charge on any atom is -0.497 e. The van der Waals surface area contributed by atoms with Gasteiger partial charge in [0, 0.05) is 45.5 Å². The summed E-state index contributed by atoms with van der Waals surface area (Å²) >= 11 is 0. The third-order valence-corrected chi connectivity index (χ3v) is 4.77. The fourth-order valence-electron chi connectivity index (χ4n) is 3.27. The standard InChI is InChI=1S/C21H28N4O.HI/c1-22-21(23-13-12-18-6-4-3-5-7-18)25-16-14-24(15-17-25)19-8-10-20(26-2)11-9-19;/h3-11H,12-17H2,1-2H3,(H,22,23);1H. The Morgan fingerprint density at radius 2 is 1.67 bits per heavy atom. The first-order valence-corrected chi connectivity index (χ1v) is 9.18. The molecule has 5 nitrogen and oxygen atoms in total. The molecule has 6 heteroatoms. The fraction of sp³-hybridized carbons (Fsp3) is 0.381. The van der Waals surface area contributed by atoms with E-state index in [1.807, 2.05) is 19.2 Å². The molecule has 1 heterocycles. The van der Waals surface area contributed by atoms with Crippen LogP contribution in [0.5, 0.6) is 5.75 Å². The molecule has 2 aromatic rings. The number of piperazine rings is 1. The summed E-state index contributed by atoms with van der Waals surface area (Å²) in [6.45, 7) is 4.82. The van der Waals surface area contributed by atoms with E-state index in [1.165, 1.54) is 11.3 Å². The lowest BCUT2D eigenvalue weighted by Crippen LogP contribution is -2.52. The van der Waals surface area contributed by atoms with E-state index < -0.39 is 0 Å². The van der Waals surface area contributed by atoms with Crippen molar-refractivity contribution in [3.63, 3.8) is 0 Å².